The van der Waals surface area contributed by atoms with Crippen LogP contribution in [0.2, 0.25) is 0 Å². The second-order valence-corrected chi connectivity index (χ2v) is 8.05. The second-order valence-electron chi connectivity index (χ2n) is 8.05. The number of aryl methyl sites for hydroxylation is 1. The Labute approximate surface area is 175 Å². The lowest BCUT2D eigenvalue weighted by atomic mass is 9.96. The zero-order valence-electron chi connectivity index (χ0n) is 17.1. The summed E-state index contributed by atoms with van der Waals surface area (Å²) in [5.41, 5.74) is 5.29. The SMILES string of the molecule is Cc1ccc2nccc(N3CCCC(C(=O)NCc4nc5ccccc5[nH]4)C3)c2c1. The molecule has 4 aromatic rings. The summed E-state index contributed by atoms with van der Waals surface area (Å²) in [7, 11) is 0. The Kier molecular flexibility index (Phi) is 4.83. The molecular weight excluding hydrogens is 374 g/mol. The molecule has 152 valence electrons. The molecule has 1 saturated heterocycles. The van der Waals surface area contributed by atoms with E-state index in [0.29, 0.717) is 6.54 Å². The number of piperidine rings is 1. The van der Waals surface area contributed by atoms with Crippen molar-refractivity contribution in [2.24, 2.45) is 5.92 Å². The van der Waals surface area contributed by atoms with Crippen LogP contribution in [0.4, 0.5) is 5.69 Å². The molecule has 1 unspecified atom stereocenters. The van der Waals surface area contributed by atoms with Crippen LogP contribution in [0.3, 0.4) is 0 Å². The minimum absolute atomic E-state index is 0.0313. The summed E-state index contributed by atoms with van der Waals surface area (Å²) < 4.78 is 0. The highest BCUT2D eigenvalue weighted by atomic mass is 16.1. The zero-order valence-corrected chi connectivity index (χ0v) is 17.1. The molecule has 5 rings (SSSR count). The van der Waals surface area contributed by atoms with E-state index < -0.39 is 0 Å². The second kappa shape index (κ2) is 7.78. The first-order chi connectivity index (χ1) is 14.7. The summed E-state index contributed by atoms with van der Waals surface area (Å²) in [6.45, 7) is 4.20. The molecule has 1 atom stereocenters. The molecule has 6 nitrogen and oxygen atoms in total. The topological polar surface area (TPSA) is 73.9 Å². The molecule has 30 heavy (non-hydrogen) atoms. The summed E-state index contributed by atoms with van der Waals surface area (Å²) >= 11 is 0. The van der Waals surface area contributed by atoms with Gasteiger partial charge in [-0.15, -0.1) is 0 Å². The summed E-state index contributed by atoms with van der Waals surface area (Å²) in [4.78, 5) is 27.5. The van der Waals surface area contributed by atoms with E-state index in [9.17, 15) is 4.79 Å². The maximum absolute atomic E-state index is 12.9. The molecule has 0 aliphatic carbocycles. The van der Waals surface area contributed by atoms with Gasteiger partial charge in [0.25, 0.3) is 0 Å². The summed E-state index contributed by atoms with van der Waals surface area (Å²) in [6, 6.07) is 16.3. The van der Waals surface area contributed by atoms with Crippen molar-refractivity contribution < 1.29 is 4.79 Å². The van der Waals surface area contributed by atoms with Gasteiger partial charge in [0.05, 0.1) is 29.0 Å². The number of H-pyrrole nitrogens is 1. The van der Waals surface area contributed by atoms with E-state index in [4.69, 9.17) is 0 Å². The average Bonchev–Trinajstić information content (AvgIpc) is 3.20. The van der Waals surface area contributed by atoms with E-state index in [1.807, 2.05) is 30.5 Å². The summed E-state index contributed by atoms with van der Waals surface area (Å²) in [5.74, 6) is 0.846. The quantitative estimate of drug-likeness (QED) is 0.545. The van der Waals surface area contributed by atoms with E-state index in [-0.39, 0.29) is 11.8 Å². The highest BCUT2D eigenvalue weighted by Gasteiger charge is 2.27. The van der Waals surface area contributed by atoms with Crippen LogP contribution in [0.1, 0.15) is 24.2 Å². The van der Waals surface area contributed by atoms with Gasteiger partial charge in [-0.3, -0.25) is 9.78 Å². The van der Waals surface area contributed by atoms with Gasteiger partial charge in [-0.2, -0.15) is 0 Å². The molecule has 1 fully saturated rings. The Morgan fingerprint density at radius 1 is 1.20 bits per heavy atom. The fourth-order valence-electron chi connectivity index (χ4n) is 4.34. The Balaban J connectivity index is 1.29. The Morgan fingerprint density at radius 2 is 2.10 bits per heavy atom. The molecule has 1 amide bonds. The van der Waals surface area contributed by atoms with E-state index in [1.165, 1.54) is 11.3 Å². The third-order valence-corrected chi connectivity index (χ3v) is 5.88. The lowest BCUT2D eigenvalue weighted by molar-refractivity contribution is -0.125. The highest BCUT2D eigenvalue weighted by molar-refractivity contribution is 5.92. The van der Waals surface area contributed by atoms with Gasteiger partial charge in [-0.1, -0.05) is 23.8 Å². The van der Waals surface area contributed by atoms with Gasteiger partial charge in [-0.05, 0) is 50.1 Å². The molecule has 2 aromatic heterocycles. The van der Waals surface area contributed by atoms with Gasteiger partial charge in [0.2, 0.25) is 5.91 Å². The van der Waals surface area contributed by atoms with Gasteiger partial charge in [-0.25, -0.2) is 4.98 Å². The minimum atomic E-state index is -0.0313. The molecule has 1 aliphatic heterocycles. The van der Waals surface area contributed by atoms with Gasteiger partial charge < -0.3 is 15.2 Å². The van der Waals surface area contributed by atoms with Crippen LogP contribution in [0, 0.1) is 12.8 Å². The first-order valence-electron chi connectivity index (χ1n) is 10.5. The smallest absolute Gasteiger partial charge is 0.225 e. The monoisotopic (exact) mass is 399 g/mol. The van der Waals surface area contributed by atoms with Crippen molar-refractivity contribution in [3.05, 3.63) is 66.1 Å². The molecule has 0 saturated carbocycles. The van der Waals surface area contributed by atoms with Crippen molar-refractivity contribution in [3.8, 4) is 0 Å². The van der Waals surface area contributed by atoms with Crippen molar-refractivity contribution in [1.82, 2.24) is 20.3 Å². The first-order valence-corrected chi connectivity index (χ1v) is 10.5. The number of hydrogen-bond donors (Lipinski definition) is 2. The third kappa shape index (κ3) is 3.61. The number of aromatic amines is 1. The highest BCUT2D eigenvalue weighted by Crippen LogP contribution is 2.30. The van der Waals surface area contributed by atoms with Gasteiger partial charge in [0.15, 0.2) is 0 Å². The normalized spacial score (nSPS) is 16.8. The third-order valence-electron chi connectivity index (χ3n) is 5.88. The number of imidazole rings is 1. The predicted octanol–water partition coefficient (Wildman–Crippen LogP) is 3.95. The van der Waals surface area contributed by atoms with Gasteiger partial charge in [0, 0.05) is 30.4 Å². The number of nitrogens with one attached hydrogen (secondary N) is 2. The van der Waals surface area contributed by atoms with E-state index in [1.54, 1.807) is 0 Å². The molecular formula is C24H25N5O. The minimum Gasteiger partial charge on any atom is -0.370 e. The van der Waals surface area contributed by atoms with Crippen LogP contribution < -0.4 is 10.2 Å². The van der Waals surface area contributed by atoms with Crippen molar-refractivity contribution in [2.45, 2.75) is 26.3 Å². The predicted molar refractivity (Wildman–Crippen MR) is 119 cm³/mol. The number of carbonyl (C=O) groups is 1. The maximum atomic E-state index is 12.9. The van der Waals surface area contributed by atoms with Crippen LogP contribution in [-0.2, 0) is 11.3 Å². The number of aromatic nitrogens is 3. The summed E-state index contributed by atoms with van der Waals surface area (Å²) in [5, 5.41) is 4.23. The molecule has 3 heterocycles. The number of carbonyl (C=O) groups excluding carboxylic acids is 1. The van der Waals surface area contributed by atoms with Crippen molar-refractivity contribution in [3.63, 3.8) is 0 Å². The Hall–Kier alpha value is -3.41. The van der Waals surface area contributed by atoms with E-state index >= 15 is 0 Å². The average molecular weight is 399 g/mol. The molecule has 0 spiro atoms. The first kappa shape index (κ1) is 18.6. The van der Waals surface area contributed by atoms with Crippen molar-refractivity contribution in [1.29, 1.82) is 0 Å². The largest absolute Gasteiger partial charge is 0.370 e. The van der Waals surface area contributed by atoms with Crippen molar-refractivity contribution >= 4 is 33.5 Å². The van der Waals surface area contributed by atoms with Gasteiger partial charge in [0.1, 0.15) is 5.82 Å². The standard InChI is InChI=1S/C24H25N5O/c1-16-8-9-19-18(13-16)22(10-11-25-19)29-12-4-5-17(15-29)24(30)26-14-23-27-20-6-2-3-7-21(20)28-23/h2-3,6-11,13,17H,4-5,12,14-15H2,1H3,(H,26,30)(H,27,28). The van der Waals surface area contributed by atoms with Crippen LogP contribution in [0.15, 0.2) is 54.7 Å². The molecule has 0 radical (unpaired) electrons. The summed E-state index contributed by atoms with van der Waals surface area (Å²) in [6.07, 6.45) is 3.77. The van der Waals surface area contributed by atoms with Crippen molar-refractivity contribution in [2.75, 3.05) is 18.0 Å². The Bertz CT molecular complexity index is 1180. The number of benzene rings is 2. The van der Waals surface area contributed by atoms with Crippen LogP contribution >= 0.6 is 0 Å². The number of pyridine rings is 1. The van der Waals surface area contributed by atoms with Crippen LogP contribution in [0.5, 0.6) is 0 Å². The number of anilines is 1. The fourth-order valence-corrected chi connectivity index (χ4v) is 4.34. The van der Waals surface area contributed by atoms with Gasteiger partial charge >= 0.3 is 0 Å². The van der Waals surface area contributed by atoms with Crippen LogP contribution in [0.25, 0.3) is 21.9 Å². The van der Waals surface area contributed by atoms with E-state index in [0.717, 1.165) is 53.7 Å². The Morgan fingerprint density at radius 3 is 3.00 bits per heavy atom. The number of amides is 1. The number of fused-ring (bicyclic) bond motifs is 2. The maximum Gasteiger partial charge on any atom is 0.225 e. The molecule has 6 heteroatoms. The lowest BCUT2D eigenvalue weighted by Gasteiger charge is -2.34. The fraction of sp³-hybridized carbons (Fsp3) is 0.292. The number of rotatable bonds is 4. The van der Waals surface area contributed by atoms with Crippen LogP contribution in [-0.4, -0.2) is 33.9 Å². The molecule has 1 aliphatic rings. The molecule has 2 N–H and O–H groups in total. The lowest BCUT2D eigenvalue weighted by Crippen LogP contribution is -2.43. The number of hydrogen-bond acceptors (Lipinski definition) is 4. The zero-order chi connectivity index (χ0) is 20.5. The molecule has 0 bridgehead atoms. The number of para-hydroxylation sites is 2. The van der Waals surface area contributed by atoms with E-state index in [2.05, 4.69) is 56.4 Å². The molecule has 2 aromatic carbocycles. The number of nitrogens with zero attached hydrogens (tertiary/aromatic N) is 3.